The summed E-state index contributed by atoms with van der Waals surface area (Å²) >= 11 is 1.56. The lowest BCUT2D eigenvalue weighted by Gasteiger charge is -2.25. The van der Waals surface area contributed by atoms with Gasteiger partial charge in [0.25, 0.3) is 0 Å². The number of nitrogens with zero attached hydrogens (tertiary/aromatic N) is 5. The van der Waals surface area contributed by atoms with Crippen LogP contribution in [0.2, 0.25) is 0 Å². The van der Waals surface area contributed by atoms with E-state index in [0.717, 1.165) is 56.0 Å². The van der Waals surface area contributed by atoms with Gasteiger partial charge in [-0.2, -0.15) is 5.26 Å². The van der Waals surface area contributed by atoms with E-state index in [9.17, 15) is 10.1 Å². The predicted molar refractivity (Wildman–Crippen MR) is 148 cm³/mol. The third-order valence-corrected chi connectivity index (χ3v) is 7.59. The van der Waals surface area contributed by atoms with Crippen LogP contribution in [0.4, 0.5) is 11.5 Å². The van der Waals surface area contributed by atoms with Gasteiger partial charge in [-0.15, -0.1) is 11.8 Å². The lowest BCUT2D eigenvalue weighted by Crippen LogP contribution is -2.29. The van der Waals surface area contributed by atoms with Crippen LogP contribution in [0, 0.1) is 23.8 Å². The van der Waals surface area contributed by atoms with Gasteiger partial charge in [0, 0.05) is 38.2 Å². The number of likely N-dealkylation sites (N-methyl/N-ethyl adjacent to an activating group) is 1. The van der Waals surface area contributed by atoms with Gasteiger partial charge in [0.15, 0.2) is 0 Å². The Morgan fingerprint density at radius 1 is 1.19 bits per heavy atom. The zero-order chi connectivity index (χ0) is 26.1. The van der Waals surface area contributed by atoms with E-state index in [2.05, 4.69) is 65.9 Å². The quantitative estimate of drug-likeness (QED) is 0.291. The number of carbonyl (C=O) groups is 1. The Labute approximate surface area is 220 Å². The summed E-state index contributed by atoms with van der Waals surface area (Å²) in [7, 11) is 2.12. The first-order valence-electron chi connectivity index (χ1n) is 12.9. The standard InChI is InChI=1S/C29H37N5OS/c1-6-25-26(19-30)29(32-28(27(25)31-4)34-15-7-14-33(5)16-17-34)36-20-23-10-8-22(9-11-23)12-13-24(35)18-21(2)3/h8-11,21H,6-7,12-18,20H2,1-3,5H3. The molecule has 1 aromatic heterocycles. The molecule has 0 radical (unpaired) electrons. The molecular weight excluding hydrogens is 466 g/mol. The second-order valence-electron chi connectivity index (χ2n) is 9.91. The summed E-state index contributed by atoms with van der Waals surface area (Å²) in [5, 5.41) is 10.7. The molecule has 2 heterocycles. The number of anilines is 1. The van der Waals surface area contributed by atoms with Crippen molar-refractivity contribution < 1.29 is 4.79 Å². The minimum absolute atomic E-state index is 0.321. The van der Waals surface area contributed by atoms with E-state index in [4.69, 9.17) is 11.6 Å². The molecule has 7 heteroatoms. The first kappa shape index (κ1) is 27.7. The Morgan fingerprint density at radius 2 is 1.92 bits per heavy atom. The van der Waals surface area contributed by atoms with Crippen molar-refractivity contribution in [1.29, 1.82) is 5.26 Å². The van der Waals surface area contributed by atoms with Gasteiger partial charge in [0.1, 0.15) is 22.7 Å². The minimum Gasteiger partial charge on any atom is -0.364 e. The number of rotatable bonds is 10. The third kappa shape index (κ3) is 7.32. The molecule has 0 spiro atoms. The summed E-state index contributed by atoms with van der Waals surface area (Å²) in [6.45, 7) is 17.6. The van der Waals surface area contributed by atoms with E-state index in [1.54, 1.807) is 11.8 Å². The number of thioether (sulfide) groups is 1. The molecule has 0 amide bonds. The molecule has 1 saturated heterocycles. The number of aromatic nitrogens is 1. The number of Topliss-reactive ketones (excluding diaryl/α,β-unsaturated/α-hetero) is 1. The van der Waals surface area contributed by atoms with Crippen LogP contribution in [0.25, 0.3) is 4.85 Å². The van der Waals surface area contributed by atoms with Gasteiger partial charge in [-0.1, -0.05) is 45.0 Å². The van der Waals surface area contributed by atoms with Crippen LogP contribution >= 0.6 is 11.8 Å². The first-order chi connectivity index (χ1) is 17.4. The lowest BCUT2D eigenvalue weighted by atomic mass is 10.0. The molecule has 1 fully saturated rings. The monoisotopic (exact) mass is 503 g/mol. The minimum atomic E-state index is 0.321. The van der Waals surface area contributed by atoms with E-state index < -0.39 is 0 Å². The second-order valence-corrected chi connectivity index (χ2v) is 10.9. The molecular formula is C29H37N5OS. The Kier molecular flexibility index (Phi) is 10.3. The number of carbonyl (C=O) groups excluding carboxylic acids is 1. The molecule has 1 aliphatic rings. The highest BCUT2D eigenvalue weighted by atomic mass is 32.2. The second kappa shape index (κ2) is 13.4. The lowest BCUT2D eigenvalue weighted by molar-refractivity contribution is -0.119. The predicted octanol–water partition coefficient (Wildman–Crippen LogP) is 6.05. The van der Waals surface area contributed by atoms with Crippen LogP contribution in [0.3, 0.4) is 0 Å². The molecule has 6 nitrogen and oxygen atoms in total. The molecule has 0 saturated carbocycles. The molecule has 190 valence electrons. The Balaban J connectivity index is 1.78. The molecule has 0 bridgehead atoms. The average Bonchev–Trinajstić information content (AvgIpc) is 3.09. The van der Waals surface area contributed by atoms with E-state index in [1.807, 2.05) is 6.92 Å². The molecule has 3 rings (SSSR count). The summed E-state index contributed by atoms with van der Waals surface area (Å²) in [6.07, 6.45) is 3.65. The van der Waals surface area contributed by atoms with Crippen LogP contribution in [0.5, 0.6) is 0 Å². The van der Waals surface area contributed by atoms with Crippen molar-refractivity contribution in [3.8, 4) is 6.07 Å². The van der Waals surface area contributed by atoms with Gasteiger partial charge >= 0.3 is 0 Å². The van der Waals surface area contributed by atoms with Gasteiger partial charge in [-0.3, -0.25) is 4.79 Å². The maximum absolute atomic E-state index is 12.0. The molecule has 0 unspecified atom stereocenters. The van der Waals surface area contributed by atoms with Gasteiger partial charge in [0.2, 0.25) is 5.69 Å². The van der Waals surface area contributed by atoms with E-state index in [0.29, 0.717) is 53.0 Å². The van der Waals surface area contributed by atoms with Crippen molar-refractivity contribution in [3.63, 3.8) is 0 Å². The Hall–Kier alpha value is -2.87. The van der Waals surface area contributed by atoms with Crippen LogP contribution in [-0.2, 0) is 23.4 Å². The van der Waals surface area contributed by atoms with Crippen LogP contribution in [0.15, 0.2) is 29.3 Å². The Bertz CT molecular complexity index is 1130. The van der Waals surface area contributed by atoms with Crippen LogP contribution in [-0.4, -0.2) is 48.9 Å². The van der Waals surface area contributed by atoms with Crippen LogP contribution < -0.4 is 4.90 Å². The number of nitriles is 1. The summed E-state index contributed by atoms with van der Waals surface area (Å²) < 4.78 is 0. The number of hydrogen-bond acceptors (Lipinski definition) is 6. The van der Waals surface area contributed by atoms with Crippen molar-refractivity contribution >= 4 is 29.1 Å². The molecule has 0 aliphatic carbocycles. The maximum Gasteiger partial charge on any atom is 0.232 e. The fraction of sp³-hybridized carbons (Fsp3) is 0.517. The summed E-state index contributed by atoms with van der Waals surface area (Å²) in [6, 6.07) is 10.7. The average molecular weight is 504 g/mol. The number of pyridine rings is 1. The fourth-order valence-electron chi connectivity index (χ4n) is 4.54. The highest BCUT2D eigenvalue weighted by Crippen LogP contribution is 2.39. The molecule has 1 aromatic carbocycles. The molecule has 0 atom stereocenters. The number of ketones is 1. The third-order valence-electron chi connectivity index (χ3n) is 6.54. The largest absolute Gasteiger partial charge is 0.364 e. The number of aryl methyl sites for hydroxylation is 1. The summed E-state index contributed by atoms with van der Waals surface area (Å²) in [5.74, 6) is 2.14. The number of hydrogen-bond donors (Lipinski definition) is 0. The molecule has 1 aliphatic heterocycles. The van der Waals surface area contributed by atoms with Crippen molar-refractivity contribution in [1.82, 2.24) is 9.88 Å². The zero-order valence-electron chi connectivity index (χ0n) is 22.0. The number of benzene rings is 1. The summed E-state index contributed by atoms with van der Waals surface area (Å²) in [4.78, 5) is 25.3. The first-order valence-corrected chi connectivity index (χ1v) is 13.8. The SMILES string of the molecule is [C-]#[N+]c1c(N2CCCN(C)CC2)nc(SCc2ccc(CCC(=O)CC(C)C)cc2)c(C#N)c1CC. The normalized spacial score (nSPS) is 14.4. The van der Waals surface area contributed by atoms with Crippen molar-refractivity contribution in [2.75, 3.05) is 38.1 Å². The van der Waals surface area contributed by atoms with Crippen molar-refractivity contribution in [2.24, 2.45) is 5.92 Å². The van der Waals surface area contributed by atoms with Crippen molar-refractivity contribution in [2.45, 2.75) is 63.7 Å². The topological polar surface area (TPSA) is 64.6 Å². The molecule has 0 N–H and O–H groups in total. The van der Waals surface area contributed by atoms with Crippen LogP contribution in [0.1, 0.15) is 62.3 Å². The van der Waals surface area contributed by atoms with E-state index in [1.165, 1.54) is 5.56 Å². The van der Waals surface area contributed by atoms with Gasteiger partial charge in [0.05, 0.1) is 12.1 Å². The smallest absolute Gasteiger partial charge is 0.232 e. The molecule has 2 aromatic rings. The van der Waals surface area contributed by atoms with E-state index in [-0.39, 0.29) is 0 Å². The Morgan fingerprint density at radius 3 is 2.56 bits per heavy atom. The van der Waals surface area contributed by atoms with Gasteiger partial charge in [-0.25, -0.2) is 9.83 Å². The zero-order valence-corrected chi connectivity index (χ0v) is 22.8. The van der Waals surface area contributed by atoms with Crippen molar-refractivity contribution in [3.05, 3.63) is 57.9 Å². The summed E-state index contributed by atoms with van der Waals surface area (Å²) in [5.41, 5.74) is 4.18. The highest BCUT2D eigenvalue weighted by molar-refractivity contribution is 7.98. The van der Waals surface area contributed by atoms with E-state index >= 15 is 0 Å². The van der Waals surface area contributed by atoms with Gasteiger partial charge < -0.3 is 9.80 Å². The highest BCUT2D eigenvalue weighted by Gasteiger charge is 2.24. The molecule has 36 heavy (non-hydrogen) atoms. The fourth-order valence-corrected chi connectivity index (χ4v) is 5.50. The maximum atomic E-state index is 12.0. The van der Waals surface area contributed by atoms with Gasteiger partial charge in [-0.05, 0) is 55.5 Å².